The van der Waals surface area contributed by atoms with Crippen molar-refractivity contribution in [1.82, 2.24) is 4.90 Å². The summed E-state index contributed by atoms with van der Waals surface area (Å²) >= 11 is 1.47. The first-order chi connectivity index (χ1) is 6.54. The summed E-state index contributed by atoms with van der Waals surface area (Å²) in [5.74, 6) is -0.768. The predicted molar refractivity (Wildman–Crippen MR) is 51.6 cm³/mol. The highest BCUT2D eigenvalue weighted by atomic mass is 32.2. The van der Waals surface area contributed by atoms with Gasteiger partial charge in [0.2, 0.25) is 5.91 Å². The van der Waals surface area contributed by atoms with E-state index in [1.807, 2.05) is 0 Å². The second-order valence-corrected chi connectivity index (χ2v) is 4.48. The van der Waals surface area contributed by atoms with E-state index in [1.54, 1.807) is 0 Å². The van der Waals surface area contributed by atoms with Crippen LogP contribution < -0.4 is 5.73 Å². The lowest BCUT2D eigenvalue weighted by Crippen LogP contribution is -2.73. The molecule has 0 aromatic rings. The monoisotopic (exact) mass is 214 g/mol. The first-order valence-electron chi connectivity index (χ1n) is 4.14. The van der Waals surface area contributed by atoms with E-state index in [2.05, 4.69) is 6.58 Å². The normalized spacial score (nSPS) is 36.4. The number of hydrogen-bond donors (Lipinski definition) is 2. The van der Waals surface area contributed by atoms with Crippen molar-refractivity contribution in [2.24, 2.45) is 5.73 Å². The molecule has 6 heteroatoms. The Bertz CT molecular complexity index is 331. The Balaban J connectivity index is 2.26. The Labute approximate surface area is 84.9 Å². The number of carboxylic acids is 1. The largest absolute Gasteiger partial charge is 0.479 e. The number of β-lactam (4-membered cyclic amide) rings is 1. The van der Waals surface area contributed by atoms with Crippen molar-refractivity contribution in [2.75, 3.05) is 5.75 Å². The van der Waals surface area contributed by atoms with Gasteiger partial charge in [0.05, 0.1) is 0 Å². The molecule has 5 nitrogen and oxygen atoms in total. The fraction of sp³-hybridized carbons (Fsp3) is 0.500. The fourth-order valence-electron chi connectivity index (χ4n) is 1.73. The standard InChI is InChI=1S/C8H10N2O3S/c1-3-2-14-7-4(9)6(11)10(7)5(3)8(12)13/h4-5,7H,1-2,9H2,(H,12,13)/t4-,5+,7-/m1/s1. The summed E-state index contributed by atoms with van der Waals surface area (Å²) in [6.07, 6.45) is 0. The summed E-state index contributed by atoms with van der Waals surface area (Å²) in [7, 11) is 0. The van der Waals surface area contributed by atoms with Crippen LogP contribution in [0.15, 0.2) is 12.2 Å². The van der Waals surface area contributed by atoms with Crippen LogP contribution in [0.1, 0.15) is 0 Å². The van der Waals surface area contributed by atoms with Gasteiger partial charge in [-0.05, 0) is 5.57 Å². The smallest absolute Gasteiger partial charge is 0.330 e. The Hall–Kier alpha value is -1.01. The summed E-state index contributed by atoms with van der Waals surface area (Å²) in [5, 5.41) is 8.74. The highest BCUT2D eigenvalue weighted by molar-refractivity contribution is 8.00. The third kappa shape index (κ3) is 1.07. The molecule has 0 saturated carbocycles. The molecule has 2 saturated heterocycles. The van der Waals surface area contributed by atoms with Gasteiger partial charge in [-0.25, -0.2) is 4.79 Å². The molecule has 0 bridgehead atoms. The Kier molecular flexibility index (Phi) is 2.04. The number of carbonyl (C=O) groups is 2. The average molecular weight is 214 g/mol. The highest BCUT2D eigenvalue weighted by Gasteiger charge is 2.53. The van der Waals surface area contributed by atoms with Gasteiger partial charge in [-0.2, -0.15) is 0 Å². The maximum Gasteiger partial charge on any atom is 0.330 e. The van der Waals surface area contributed by atoms with Crippen LogP contribution in [-0.4, -0.2) is 45.1 Å². The molecule has 76 valence electrons. The van der Waals surface area contributed by atoms with E-state index in [1.165, 1.54) is 16.7 Å². The highest BCUT2D eigenvalue weighted by Crippen LogP contribution is 2.38. The van der Waals surface area contributed by atoms with Gasteiger partial charge in [-0.1, -0.05) is 6.58 Å². The van der Waals surface area contributed by atoms with Gasteiger partial charge in [0.1, 0.15) is 11.4 Å². The SMILES string of the molecule is C=C1CS[C@@H]2[C@H](N)C(=O)N2[C@@H]1C(=O)O. The van der Waals surface area contributed by atoms with Gasteiger partial charge < -0.3 is 15.7 Å². The molecule has 0 unspecified atom stereocenters. The summed E-state index contributed by atoms with van der Waals surface area (Å²) in [5.41, 5.74) is 6.10. The van der Waals surface area contributed by atoms with E-state index >= 15 is 0 Å². The first kappa shape index (κ1) is 9.54. The molecule has 0 aromatic carbocycles. The maximum atomic E-state index is 11.3. The number of thioether (sulfide) groups is 1. The molecule has 0 aliphatic carbocycles. The molecule has 2 aliphatic heterocycles. The van der Waals surface area contributed by atoms with Crippen molar-refractivity contribution in [3.05, 3.63) is 12.2 Å². The lowest BCUT2D eigenvalue weighted by atomic mass is 9.99. The zero-order valence-corrected chi connectivity index (χ0v) is 8.16. The molecule has 1 amide bonds. The van der Waals surface area contributed by atoms with Gasteiger partial charge in [-0.15, -0.1) is 11.8 Å². The molecule has 2 aliphatic rings. The summed E-state index contributed by atoms with van der Waals surface area (Å²) in [6.45, 7) is 3.66. The van der Waals surface area contributed by atoms with Crippen LogP contribution in [0.4, 0.5) is 0 Å². The van der Waals surface area contributed by atoms with Crippen molar-refractivity contribution in [2.45, 2.75) is 17.5 Å². The van der Waals surface area contributed by atoms with Crippen molar-refractivity contribution in [3.8, 4) is 0 Å². The Morgan fingerprint density at radius 1 is 1.71 bits per heavy atom. The number of carbonyl (C=O) groups excluding carboxylic acids is 1. The van der Waals surface area contributed by atoms with Crippen LogP contribution >= 0.6 is 11.8 Å². The molecule has 0 radical (unpaired) electrons. The zero-order chi connectivity index (χ0) is 10.5. The van der Waals surface area contributed by atoms with Gasteiger partial charge in [0, 0.05) is 5.75 Å². The molecule has 3 atom stereocenters. The van der Waals surface area contributed by atoms with Crippen LogP contribution in [-0.2, 0) is 9.59 Å². The van der Waals surface area contributed by atoms with E-state index < -0.39 is 18.1 Å². The molecule has 0 aromatic heterocycles. The number of fused-ring (bicyclic) bond motifs is 1. The van der Waals surface area contributed by atoms with Crippen molar-refractivity contribution in [1.29, 1.82) is 0 Å². The predicted octanol–water partition coefficient (Wildman–Crippen LogP) is -0.762. The minimum atomic E-state index is -1.03. The van der Waals surface area contributed by atoms with Crippen LogP contribution in [0.2, 0.25) is 0 Å². The maximum absolute atomic E-state index is 11.3. The van der Waals surface area contributed by atoms with E-state index in [9.17, 15) is 9.59 Å². The molecule has 2 rings (SSSR count). The van der Waals surface area contributed by atoms with Gasteiger partial charge in [-0.3, -0.25) is 4.79 Å². The van der Waals surface area contributed by atoms with Crippen LogP contribution in [0.25, 0.3) is 0 Å². The lowest BCUT2D eigenvalue weighted by molar-refractivity contribution is -0.158. The van der Waals surface area contributed by atoms with Crippen molar-refractivity contribution in [3.63, 3.8) is 0 Å². The number of nitrogens with two attached hydrogens (primary N) is 1. The molecular weight excluding hydrogens is 204 g/mol. The minimum Gasteiger partial charge on any atom is -0.479 e. The number of nitrogens with zero attached hydrogens (tertiary/aromatic N) is 1. The van der Waals surface area contributed by atoms with E-state index in [-0.39, 0.29) is 11.3 Å². The van der Waals surface area contributed by atoms with E-state index in [4.69, 9.17) is 10.8 Å². The molecule has 14 heavy (non-hydrogen) atoms. The Morgan fingerprint density at radius 2 is 2.36 bits per heavy atom. The number of hydrogen-bond acceptors (Lipinski definition) is 4. The van der Waals surface area contributed by atoms with Gasteiger partial charge in [0.25, 0.3) is 0 Å². The number of carboxylic acid groups (broad SMARTS) is 1. The quantitative estimate of drug-likeness (QED) is 0.442. The van der Waals surface area contributed by atoms with E-state index in [0.717, 1.165) is 0 Å². The van der Waals surface area contributed by atoms with Crippen LogP contribution in [0.3, 0.4) is 0 Å². The summed E-state index contributed by atoms with van der Waals surface area (Å²) < 4.78 is 0. The topological polar surface area (TPSA) is 83.6 Å². The van der Waals surface area contributed by atoms with E-state index in [0.29, 0.717) is 11.3 Å². The van der Waals surface area contributed by atoms with Gasteiger partial charge in [0.15, 0.2) is 6.04 Å². The van der Waals surface area contributed by atoms with Crippen LogP contribution in [0, 0.1) is 0 Å². The third-order valence-corrected chi connectivity index (χ3v) is 3.86. The van der Waals surface area contributed by atoms with Crippen molar-refractivity contribution >= 4 is 23.6 Å². The number of amides is 1. The molecule has 2 fully saturated rings. The minimum absolute atomic E-state index is 0.186. The Morgan fingerprint density at radius 3 is 2.93 bits per heavy atom. The van der Waals surface area contributed by atoms with Crippen LogP contribution in [0.5, 0.6) is 0 Å². The molecule has 0 spiro atoms. The lowest BCUT2D eigenvalue weighted by Gasteiger charge is -2.51. The third-order valence-electron chi connectivity index (χ3n) is 2.46. The van der Waals surface area contributed by atoms with Crippen molar-refractivity contribution < 1.29 is 14.7 Å². The average Bonchev–Trinajstić information content (AvgIpc) is 2.15. The second kappa shape index (κ2) is 2.99. The zero-order valence-electron chi connectivity index (χ0n) is 7.34. The second-order valence-electron chi connectivity index (χ2n) is 3.37. The number of aliphatic carboxylic acids is 1. The number of rotatable bonds is 1. The van der Waals surface area contributed by atoms with Gasteiger partial charge >= 0.3 is 5.97 Å². The molecule has 2 heterocycles. The first-order valence-corrected chi connectivity index (χ1v) is 5.18. The summed E-state index contributed by atoms with van der Waals surface area (Å²) in [6, 6.07) is -1.43. The summed E-state index contributed by atoms with van der Waals surface area (Å²) in [4.78, 5) is 23.6. The fourth-order valence-corrected chi connectivity index (χ4v) is 2.98. The molecule has 3 N–H and O–H groups in total. The molecular formula is C8H10N2O3S.